The molecule has 1 aromatic carbocycles. The molecule has 7 heteroatoms. The summed E-state index contributed by atoms with van der Waals surface area (Å²) < 4.78 is 5.40. The molecule has 0 saturated carbocycles. The molecule has 3 amide bonds. The highest BCUT2D eigenvalue weighted by Crippen LogP contribution is 2.32. The Morgan fingerprint density at radius 1 is 1.20 bits per heavy atom. The summed E-state index contributed by atoms with van der Waals surface area (Å²) in [5.41, 5.74) is 2.11. The van der Waals surface area contributed by atoms with E-state index in [4.69, 9.17) is 16.3 Å². The van der Waals surface area contributed by atoms with Gasteiger partial charge in [-0.15, -0.1) is 0 Å². The van der Waals surface area contributed by atoms with E-state index in [0.717, 1.165) is 17.5 Å². The van der Waals surface area contributed by atoms with Crippen molar-refractivity contribution in [3.63, 3.8) is 0 Å². The van der Waals surface area contributed by atoms with Gasteiger partial charge in [0.2, 0.25) is 0 Å². The van der Waals surface area contributed by atoms with Gasteiger partial charge in [0.25, 0.3) is 5.91 Å². The van der Waals surface area contributed by atoms with Gasteiger partial charge in [0.15, 0.2) is 0 Å². The van der Waals surface area contributed by atoms with Crippen LogP contribution >= 0.6 is 11.6 Å². The third-order valence-corrected chi connectivity index (χ3v) is 5.04. The lowest BCUT2D eigenvalue weighted by Gasteiger charge is -2.35. The van der Waals surface area contributed by atoms with E-state index in [-0.39, 0.29) is 11.9 Å². The van der Waals surface area contributed by atoms with Crippen molar-refractivity contribution in [1.29, 1.82) is 0 Å². The van der Waals surface area contributed by atoms with Gasteiger partial charge in [-0.1, -0.05) is 18.5 Å². The molecule has 0 unspecified atom stereocenters. The second-order valence-electron chi connectivity index (χ2n) is 6.22. The highest BCUT2D eigenvalue weighted by Gasteiger charge is 2.28. The summed E-state index contributed by atoms with van der Waals surface area (Å²) in [4.78, 5) is 28.5. The van der Waals surface area contributed by atoms with Gasteiger partial charge in [-0.05, 0) is 37.5 Å². The van der Waals surface area contributed by atoms with Gasteiger partial charge in [0.05, 0.1) is 12.7 Å². The number of methoxy groups -OCH3 is 1. The lowest BCUT2D eigenvalue weighted by molar-refractivity contribution is 0.0661. The zero-order chi connectivity index (χ0) is 18.6. The number of hydrogen-bond donors (Lipinski definition) is 1. The van der Waals surface area contributed by atoms with Crippen molar-refractivity contribution in [1.82, 2.24) is 15.1 Å². The third-order valence-electron chi connectivity index (χ3n) is 4.46. The molecule has 1 aliphatic heterocycles. The van der Waals surface area contributed by atoms with Crippen LogP contribution in [0.5, 0.6) is 5.75 Å². The topological polar surface area (TPSA) is 61.9 Å². The molecule has 138 valence electrons. The van der Waals surface area contributed by atoms with E-state index in [2.05, 4.69) is 5.32 Å². The average Bonchev–Trinajstić information content (AvgIpc) is 2.63. The lowest BCUT2D eigenvalue weighted by Crippen LogP contribution is -2.53. The van der Waals surface area contributed by atoms with Crippen molar-refractivity contribution in [3.05, 3.63) is 27.8 Å². The van der Waals surface area contributed by atoms with Crippen LogP contribution in [-0.2, 0) is 0 Å². The summed E-state index contributed by atoms with van der Waals surface area (Å²) in [5, 5.41) is 3.45. The standard InChI is InChI=1S/C18H26ClN3O3/c1-5-6-20-18(24)22-9-7-21(8-10-22)17(23)15-13(3)16(19)12(2)11-14(15)25-4/h11H,5-10H2,1-4H3,(H,20,24). The van der Waals surface area contributed by atoms with Gasteiger partial charge in [-0.3, -0.25) is 4.79 Å². The van der Waals surface area contributed by atoms with Crippen LogP contribution in [0.4, 0.5) is 4.79 Å². The van der Waals surface area contributed by atoms with Crippen LogP contribution < -0.4 is 10.1 Å². The summed E-state index contributed by atoms with van der Waals surface area (Å²) in [5.74, 6) is 0.428. The SMILES string of the molecule is CCCNC(=O)N1CCN(C(=O)c2c(OC)cc(C)c(Cl)c2C)CC1. The first kappa shape index (κ1) is 19.4. The molecule has 1 aromatic rings. The Balaban J connectivity index is 2.11. The Hall–Kier alpha value is -1.95. The highest BCUT2D eigenvalue weighted by atomic mass is 35.5. The fourth-order valence-corrected chi connectivity index (χ4v) is 3.11. The van der Waals surface area contributed by atoms with Crippen LogP contribution in [0.3, 0.4) is 0 Å². The normalized spacial score (nSPS) is 14.4. The predicted octanol–water partition coefficient (Wildman–Crippen LogP) is 2.84. The van der Waals surface area contributed by atoms with Crippen LogP contribution in [-0.4, -0.2) is 61.6 Å². The molecule has 0 spiro atoms. The minimum absolute atomic E-state index is 0.0684. The number of rotatable bonds is 4. The number of hydrogen-bond acceptors (Lipinski definition) is 3. The van der Waals surface area contributed by atoms with Crippen molar-refractivity contribution in [2.24, 2.45) is 0 Å². The maximum absolute atomic E-state index is 13.0. The molecule has 0 aliphatic carbocycles. The Kier molecular flexibility index (Phi) is 6.53. The van der Waals surface area contributed by atoms with Gasteiger partial charge in [0.1, 0.15) is 5.75 Å². The van der Waals surface area contributed by atoms with Crippen LogP contribution in [0.2, 0.25) is 5.02 Å². The van der Waals surface area contributed by atoms with Gasteiger partial charge < -0.3 is 19.9 Å². The number of nitrogens with one attached hydrogen (secondary N) is 1. The summed E-state index contributed by atoms with van der Waals surface area (Å²) in [6, 6.07) is 1.72. The largest absolute Gasteiger partial charge is 0.496 e. The van der Waals surface area contributed by atoms with Gasteiger partial charge in [0, 0.05) is 37.7 Å². The minimum atomic E-state index is -0.107. The highest BCUT2D eigenvalue weighted by molar-refractivity contribution is 6.32. The van der Waals surface area contributed by atoms with Gasteiger partial charge in [-0.2, -0.15) is 0 Å². The number of carbonyl (C=O) groups is 2. The van der Waals surface area contributed by atoms with Gasteiger partial charge >= 0.3 is 6.03 Å². The smallest absolute Gasteiger partial charge is 0.317 e. The molecule has 6 nitrogen and oxygen atoms in total. The maximum atomic E-state index is 13.0. The molecule has 1 aliphatic rings. The number of ether oxygens (including phenoxy) is 1. The number of aryl methyl sites for hydroxylation is 1. The number of amides is 3. The molecule has 2 rings (SSSR count). The quantitative estimate of drug-likeness (QED) is 0.890. The monoisotopic (exact) mass is 367 g/mol. The molecule has 0 bridgehead atoms. The minimum Gasteiger partial charge on any atom is -0.496 e. The Bertz CT molecular complexity index is 655. The molecular formula is C18H26ClN3O3. The summed E-state index contributed by atoms with van der Waals surface area (Å²) in [7, 11) is 1.55. The van der Waals surface area contributed by atoms with E-state index in [0.29, 0.717) is 49.1 Å². The Labute approximate surface area is 154 Å². The Morgan fingerprint density at radius 3 is 2.36 bits per heavy atom. The van der Waals surface area contributed by atoms with Crippen molar-refractivity contribution in [2.45, 2.75) is 27.2 Å². The fraction of sp³-hybridized carbons (Fsp3) is 0.556. The van der Waals surface area contributed by atoms with Crippen LogP contribution in [0.15, 0.2) is 6.07 Å². The van der Waals surface area contributed by atoms with Crippen molar-refractivity contribution >= 4 is 23.5 Å². The number of nitrogens with zero attached hydrogens (tertiary/aromatic N) is 2. The van der Waals surface area contributed by atoms with E-state index >= 15 is 0 Å². The molecule has 1 N–H and O–H groups in total. The molecular weight excluding hydrogens is 342 g/mol. The van der Waals surface area contributed by atoms with Crippen LogP contribution in [0.25, 0.3) is 0 Å². The molecule has 0 radical (unpaired) electrons. The number of halogens is 1. The first-order valence-electron chi connectivity index (χ1n) is 8.56. The number of carbonyl (C=O) groups excluding carboxylic acids is 2. The van der Waals surface area contributed by atoms with E-state index in [9.17, 15) is 9.59 Å². The predicted molar refractivity (Wildman–Crippen MR) is 98.6 cm³/mol. The summed E-state index contributed by atoms with van der Waals surface area (Å²) in [6.45, 7) is 8.41. The van der Waals surface area contributed by atoms with Crippen LogP contribution in [0.1, 0.15) is 34.8 Å². The molecule has 0 atom stereocenters. The first-order chi connectivity index (χ1) is 11.9. The van der Waals surface area contributed by atoms with E-state index in [1.54, 1.807) is 23.0 Å². The van der Waals surface area contributed by atoms with E-state index in [1.165, 1.54) is 0 Å². The number of piperazine rings is 1. The van der Waals surface area contributed by atoms with E-state index < -0.39 is 0 Å². The molecule has 25 heavy (non-hydrogen) atoms. The number of urea groups is 1. The first-order valence-corrected chi connectivity index (χ1v) is 8.94. The molecule has 0 aromatic heterocycles. The Morgan fingerprint density at radius 2 is 1.80 bits per heavy atom. The lowest BCUT2D eigenvalue weighted by atomic mass is 10.0. The van der Waals surface area contributed by atoms with Crippen molar-refractivity contribution in [3.8, 4) is 5.75 Å². The summed E-state index contributed by atoms with van der Waals surface area (Å²) >= 11 is 6.32. The second kappa shape index (κ2) is 8.43. The average molecular weight is 368 g/mol. The molecule has 1 saturated heterocycles. The van der Waals surface area contributed by atoms with E-state index in [1.807, 2.05) is 20.8 Å². The third kappa shape index (κ3) is 4.18. The maximum Gasteiger partial charge on any atom is 0.317 e. The zero-order valence-corrected chi connectivity index (χ0v) is 16.1. The van der Waals surface area contributed by atoms with Crippen LogP contribution in [0, 0.1) is 13.8 Å². The van der Waals surface area contributed by atoms with Crippen molar-refractivity contribution < 1.29 is 14.3 Å². The number of benzene rings is 1. The zero-order valence-electron chi connectivity index (χ0n) is 15.3. The fourth-order valence-electron chi connectivity index (χ4n) is 2.96. The van der Waals surface area contributed by atoms with Gasteiger partial charge in [-0.25, -0.2) is 4.79 Å². The molecule has 1 heterocycles. The molecule has 1 fully saturated rings. The second-order valence-corrected chi connectivity index (χ2v) is 6.60. The summed E-state index contributed by atoms with van der Waals surface area (Å²) in [6.07, 6.45) is 0.900. The van der Waals surface area contributed by atoms with Crippen molar-refractivity contribution in [2.75, 3.05) is 39.8 Å².